The van der Waals surface area contributed by atoms with E-state index in [4.69, 9.17) is 15.6 Å². The number of aliphatic hydroxyl groups excluding tert-OH is 1. The van der Waals surface area contributed by atoms with E-state index in [0.29, 0.717) is 26.1 Å². The van der Waals surface area contributed by atoms with Crippen LogP contribution in [0.25, 0.3) is 0 Å². The summed E-state index contributed by atoms with van der Waals surface area (Å²) in [7, 11) is -3.33. The van der Waals surface area contributed by atoms with Crippen molar-refractivity contribution in [1.82, 2.24) is 4.72 Å². The van der Waals surface area contributed by atoms with Crippen molar-refractivity contribution in [3.8, 4) is 0 Å². The predicted molar refractivity (Wildman–Crippen MR) is 60.4 cm³/mol. The number of rotatable bonds is 5. The Bertz CT molecular complexity index is 299. The third kappa shape index (κ3) is 3.99. The molecule has 0 aliphatic carbocycles. The third-order valence-corrected chi connectivity index (χ3v) is 4.67. The summed E-state index contributed by atoms with van der Waals surface area (Å²) in [6.07, 6.45) is 0.302. The van der Waals surface area contributed by atoms with E-state index in [-0.39, 0.29) is 6.54 Å². The Morgan fingerprint density at radius 1 is 1.50 bits per heavy atom. The second-order valence-corrected chi connectivity index (χ2v) is 6.16. The summed E-state index contributed by atoms with van der Waals surface area (Å²) < 4.78 is 31.2. The Kier molecular flexibility index (Phi) is 5.13. The molecule has 1 rings (SSSR count). The quantitative estimate of drug-likeness (QED) is 0.570. The summed E-state index contributed by atoms with van der Waals surface area (Å²) in [5, 5.41) is 8.75. The molecule has 4 N–H and O–H groups in total. The van der Waals surface area contributed by atoms with E-state index < -0.39 is 27.4 Å². The van der Waals surface area contributed by atoms with E-state index in [2.05, 4.69) is 4.72 Å². The Hall–Kier alpha value is -0.210. The topological polar surface area (TPSA) is 102 Å². The predicted octanol–water partition coefficient (Wildman–Crippen LogP) is -1.21. The first-order valence-electron chi connectivity index (χ1n) is 5.43. The molecular formula is C9H20N2O4S. The third-order valence-electron chi connectivity index (χ3n) is 2.75. The second kappa shape index (κ2) is 5.92. The van der Waals surface area contributed by atoms with Gasteiger partial charge in [-0.1, -0.05) is 0 Å². The maximum absolute atomic E-state index is 11.8. The summed E-state index contributed by atoms with van der Waals surface area (Å²) in [6.45, 7) is 2.56. The van der Waals surface area contributed by atoms with Crippen LogP contribution in [0.3, 0.4) is 0 Å². The van der Waals surface area contributed by atoms with Crippen molar-refractivity contribution in [3.05, 3.63) is 0 Å². The molecule has 0 aromatic carbocycles. The van der Waals surface area contributed by atoms with Crippen LogP contribution in [0.5, 0.6) is 0 Å². The standard InChI is InChI=1S/C9H20N2O4S/c1-7(12)9(10)6-11-16(13,14)8-2-4-15-5-3-8/h7-9,11-12H,2-6,10H2,1H3. The molecule has 96 valence electrons. The van der Waals surface area contributed by atoms with Gasteiger partial charge in [0.05, 0.1) is 11.4 Å². The lowest BCUT2D eigenvalue weighted by atomic mass is 10.2. The molecule has 0 saturated carbocycles. The zero-order valence-corrected chi connectivity index (χ0v) is 10.2. The lowest BCUT2D eigenvalue weighted by Crippen LogP contribution is -2.47. The molecule has 0 bridgehead atoms. The molecule has 0 aromatic heterocycles. The number of nitrogens with two attached hydrogens (primary N) is 1. The zero-order valence-electron chi connectivity index (χ0n) is 9.43. The van der Waals surface area contributed by atoms with Crippen LogP contribution in [0.1, 0.15) is 19.8 Å². The zero-order chi connectivity index (χ0) is 12.2. The minimum absolute atomic E-state index is 0.0668. The van der Waals surface area contributed by atoms with Gasteiger partial charge in [-0.05, 0) is 19.8 Å². The van der Waals surface area contributed by atoms with Crippen molar-refractivity contribution in [3.63, 3.8) is 0 Å². The maximum atomic E-state index is 11.8. The van der Waals surface area contributed by atoms with Crippen LogP contribution < -0.4 is 10.5 Å². The number of hydrogen-bond acceptors (Lipinski definition) is 5. The Labute approximate surface area is 96.2 Å². The number of nitrogens with one attached hydrogen (secondary N) is 1. The van der Waals surface area contributed by atoms with Crippen molar-refractivity contribution < 1.29 is 18.3 Å². The van der Waals surface area contributed by atoms with E-state index >= 15 is 0 Å². The highest BCUT2D eigenvalue weighted by atomic mass is 32.2. The maximum Gasteiger partial charge on any atom is 0.214 e. The van der Waals surface area contributed by atoms with E-state index in [1.807, 2.05) is 0 Å². The molecule has 16 heavy (non-hydrogen) atoms. The second-order valence-electron chi connectivity index (χ2n) is 4.11. The highest BCUT2D eigenvalue weighted by molar-refractivity contribution is 7.90. The molecule has 1 aliphatic rings. The molecule has 6 nitrogen and oxygen atoms in total. The average molecular weight is 252 g/mol. The summed E-state index contributed by atoms with van der Waals surface area (Å²) in [4.78, 5) is 0. The van der Waals surface area contributed by atoms with Gasteiger partial charge in [0.2, 0.25) is 10.0 Å². The fourth-order valence-corrected chi connectivity index (χ4v) is 2.96. The Morgan fingerprint density at radius 3 is 2.56 bits per heavy atom. The smallest absolute Gasteiger partial charge is 0.214 e. The molecule has 7 heteroatoms. The van der Waals surface area contributed by atoms with Crippen molar-refractivity contribution >= 4 is 10.0 Å². The lowest BCUT2D eigenvalue weighted by Gasteiger charge is -2.23. The summed E-state index contributed by atoms with van der Waals surface area (Å²) in [6, 6.07) is -0.574. The van der Waals surface area contributed by atoms with Crippen LogP contribution in [-0.2, 0) is 14.8 Å². The van der Waals surface area contributed by atoms with Gasteiger partial charge < -0.3 is 15.6 Å². The molecule has 2 unspecified atom stereocenters. The van der Waals surface area contributed by atoms with Crippen LogP contribution in [0, 0.1) is 0 Å². The molecule has 0 spiro atoms. The molecule has 0 amide bonds. The van der Waals surface area contributed by atoms with Gasteiger partial charge >= 0.3 is 0 Å². The molecular weight excluding hydrogens is 232 g/mol. The van der Waals surface area contributed by atoms with Crippen LogP contribution in [0.15, 0.2) is 0 Å². The van der Waals surface area contributed by atoms with E-state index in [9.17, 15) is 8.42 Å². The minimum atomic E-state index is -3.33. The first kappa shape index (κ1) is 13.9. The van der Waals surface area contributed by atoms with Gasteiger partial charge in [-0.15, -0.1) is 0 Å². The van der Waals surface area contributed by atoms with Crippen LogP contribution in [0.4, 0.5) is 0 Å². The van der Waals surface area contributed by atoms with Gasteiger partial charge in [0, 0.05) is 25.8 Å². The Balaban J connectivity index is 2.44. The summed E-state index contributed by atoms with van der Waals surface area (Å²) in [5.41, 5.74) is 5.55. The number of sulfonamides is 1. The van der Waals surface area contributed by atoms with Crippen LogP contribution in [0.2, 0.25) is 0 Å². The highest BCUT2D eigenvalue weighted by Gasteiger charge is 2.27. The summed E-state index contributed by atoms with van der Waals surface area (Å²) >= 11 is 0. The summed E-state index contributed by atoms with van der Waals surface area (Å²) in [5.74, 6) is 0. The molecule has 2 atom stereocenters. The van der Waals surface area contributed by atoms with Crippen LogP contribution in [-0.4, -0.2) is 50.7 Å². The van der Waals surface area contributed by atoms with Crippen molar-refractivity contribution in [2.75, 3.05) is 19.8 Å². The first-order chi connectivity index (χ1) is 7.43. The monoisotopic (exact) mass is 252 g/mol. The molecule has 0 aromatic rings. The fourth-order valence-electron chi connectivity index (χ4n) is 1.49. The van der Waals surface area contributed by atoms with Gasteiger partial charge in [0.15, 0.2) is 0 Å². The van der Waals surface area contributed by atoms with E-state index in [1.165, 1.54) is 6.92 Å². The number of ether oxygens (including phenoxy) is 1. The normalized spacial score (nSPS) is 22.9. The molecule has 1 fully saturated rings. The molecule has 1 aliphatic heterocycles. The SMILES string of the molecule is CC(O)C(N)CNS(=O)(=O)C1CCOCC1. The molecule has 0 radical (unpaired) electrons. The van der Waals surface area contributed by atoms with Crippen molar-refractivity contribution in [1.29, 1.82) is 0 Å². The van der Waals surface area contributed by atoms with Crippen molar-refractivity contribution in [2.45, 2.75) is 37.2 Å². The van der Waals surface area contributed by atoms with Crippen molar-refractivity contribution in [2.24, 2.45) is 5.73 Å². The van der Waals surface area contributed by atoms with Gasteiger partial charge in [-0.3, -0.25) is 0 Å². The Morgan fingerprint density at radius 2 is 2.06 bits per heavy atom. The molecule has 1 saturated heterocycles. The van der Waals surface area contributed by atoms with Gasteiger partial charge in [-0.25, -0.2) is 13.1 Å². The number of aliphatic hydroxyl groups is 1. The van der Waals surface area contributed by atoms with E-state index in [0.717, 1.165) is 0 Å². The average Bonchev–Trinajstić information content (AvgIpc) is 2.27. The van der Waals surface area contributed by atoms with E-state index in [1.54, 1.807) is 0 Å². The first-order valence-corrected chi connectivity index (χ1v) is 6.98. The van der Waals surface area contributed by atoms with Crippen LogP contribution >= 0.6 is 0 Å². The minimum Gasteiger partial charge on any atom is -0.392 e. The largest absolute Gasteiger partial charge is 0.392 e. The molecule has 1 heterocycles. The lowest BCUT2D eigenvalue weighted by molar-refractivity contribution is 0.0980. The number of hydrogen-bond donors (Lipinski definition) is 3. The van der Waals surface area contributed by atoms with Gasteiger partial charge in [0.25, 0.3) is 0 Å². The van der Waals surface area contributed by atoms with Gasteiger partial charge in [0.1, 0.15) is 0 Å². The fraction of sp³-hybridized carbons (Fsp3) is 1.00. The highest BCUT2D eigenvalue weighted by Crippen LogP contribution is 2.14. The van der Waals surface area contributed by atoms with Gasteiger partial charge in [-0.2, -0.15) is 0 Å².